The second kappa shape index (κ2) is 8.59. The van der Waals surface area contributed by atoms with Crippen molar-refractivity contribution in [1.82, 2.24) is 0 Å². The van der Waals surface area contributed by atoms with Gasteiger partial charge in [0, 0.05) is 11.5 Å². The number of esters is 2. The average molecular weight is 417 g/mol. The number of carbonyl (C=O) groups is 2. The van der Waals surface area contributed by atoms with E-state index in [1.807, 2.05) is 12.1 Å². The minimum atomic E-state index is -0.488. The highest BCUT2D eigenvalue weighted by Gasteiger charge is 2.55. The fraction of sp³-hybridized carbons (Fsp3) is 0.333. The molecule has 5 nitrogen and oxygen atoms in total. The van der Waals surface area contributed by atoms with Crippen LogP contribution in [0, 0.1) is 0 Å². The molecule has 0 bridgehead atoms. The van der Waals surface area contributed by atoms with Gasteiger partial charge in [-0.05, 0) is 24.3 Å². The van der Waals surface area contributed by atoms with Gasteiger partial charge < -0.3 is 14.2 Å². The van der Waals surface area contributed by atoms with Crippen LogP contribution in [0.25, 0.3) is 0 Å². The Morgan fingerprint density at radius 1 is 0.929 bits per heavy atom. The lowest BCUT2D eigenvalue weighted by molar-refractivity contribution is -0.0284. The van der Waals surface area contributed by atoms with E-state index in [0.29, 0.717) is 17.7 Å². The summed E-state index contributed by atoms with van der Waals surface area (Å²) in [7, 11) is 0. The van der Waals surface area contributed by atoms with Gasteiger partial charge in [0.2, 0.25) is 0 Å². The van der Waals surface area contributed by atoms with Crippen LogP contribution in [0.1, 0.15) is 20.7 Å². The molecule has 2 aliphatic rings. The number of rotatable bonds is 5. The second-order valence-electron chi connectivity index (χ2n) is 6.51. The highest BCUT2D eigenvalue weighted by molar-refractivity contribution is 8.21. The molecule has 2 fully saturated rings. The highest BCUT2D eigenvalue weighted by Crippen LogP contribution is 2.52. The number of hydrogen-bond acceptors (Lipinski definition) is 7. The summed E-state index contributed by atoms with van der Waals surface area (Å²) in [5.74, 6) is 1.15. The molecule has 146 valence electrons. The third kappa shape index (κ3) is 4.06. The molecule has 2 heterocycles. The number of carbonyl (C=O) groups excluding carboxylic acids is 2. The molecule has 2 aromatic rings. The Morgan fingerprint density at radius 2 is 1.50 bits per heavy atom. The Kier molecular flexibility index (Phi) is 5.94. The summed E-state index contributed by atoms with van der Waals surface area (Å²) < 4.78 is 16.9. The first-order valence-corrected chi connectivity index (χ1v) is 11.0. The van der Waals surface area contributed by atoms with Gasteiger partial charge in [-0.15, -0.1) is 23.5 Å². The summed E-state index contributed by atoms with van der Waals surface area (Å²) in [5.41, 5.74) is 0.982. The summed E-state index contributed by atoms with van der Waals surface area (Å²) in [5, 5.41) is 0. The van der Waals surface area contributed by atoms with Gasteiger partial charge in [-0.3, -0.25) is 0 Å². The SMILES string of the molecule is O=C(OCC1OCC2(SCCS2)C1OC(=O)c1ccccc1)c1ccccc1. The molecule has 2 atom stereocenters. The van der Waals surface area contributed by atoms with Crippen LogP contribution in [0.4, 0.5) is 0 Å². The third-order valence-corrected chi connectivity index (χ3v) is 8.14. The van der Waals surface area contributed by atoms with E-state index in [4.69, 9.17) is 14.2 Å². The van der Waals surface area contributed by atoms with E-state index in [-0.39, 0.29) is 16.7 Å². The standard InChI is InChI=1S/C21H20O5S2/c22-19(15-7-3-1-4-8-15)24-13-17-18(21(14-25-17)27-11-12-28-21)26-20(23)16-9-5-2-6-10-16/h1-10,17-18H,11-14H2. The first-order valence-electron chi connectivity index (χ1n) is 9.06. The Labute approximate surface area is 172 Å². The fourth-order valence-electron chi connectivity index (χ4n) is 3.27. The number of benzene rings is 2. The molecule has 0 saturated carbocycles. The van der Waals surface area contributed by atoms with Crippen LogP contribution in [0.15, 0.2) is 60.7 Å². The molecule has 28 heavy (non-hydrogen) atoms. The van der Waals surface area contributed by atoms with Crippen LogP contribution >= 0.6 is 23.5 Å². The minimum absolute atomic E-state index is 0.0450. The lowest BCUT2D eigenvalue weighted by Crippen LogP contribution is -2.42. The molecule has 0 radical (unpaired) electrons. The van der Waals surface area contributed by atoms with Crippen molar-refractivity contribution in [2.45, 2.75) is 16.3 Å². The average Bonchev–Trinajstić information content (AvgIpc) is 3.36. The van der Waals surface area contributed by atoms with E-state index in [2.05, 4.69) is 0 Å². The van der Waals surface area contributed by atoms with E-state index in [9.17, 15) is 9.59 Å². The van der Waals surface area contributed by atoms with E-state index < -0.39 is 18.2 Å². The van der Waals surface area contributed by atoms with Gasteiger partial charge in [0.05, 0.1) is 17.7 Å². The van der Waals surface area contributed by atoms with Crippen molar-refractivity contribution in [1.29, 1.82) is 0 Å². The maximum Gasteiger partial charge on any atom is 0.338 e. The summed E-state index contributed by atoms with van der Waals surface area (Å²) in [6, 6.07) is 17.7. The molecule has 2 saturated heterocycles. The van der Waals surface area contributed by atoms with Gasteiger partial charge in [0.1, 0.15) is 16.8 Å². The molecule has 2 aromatic carbocycles. The van der Waals surface area contributed by atoms with Crippen molar-refractivity contribution < 1.29 is 23.8 Å². The van der Waals surface area contributed by atoms with Gasteiger partial charge >= 0.3 is 11.9 Å². The van der Waals surface area contributed by atoms with Crippen molar-refractivity contribution in [3.05, 3.63) is 71.8 Å². The second-order valence-corrected chi connectivity index (χ2v) is 9.62. The molecule has 7 heteroatoms. The van der Waals surface area contributed by atoms with Gasteiger partial charge in [-0.1, -0.05) is 36.4 Å². The fourth-order valence-corrected chi connectivity index (χ4v) is 6.49. The van der Waals surface area contributed by atoms with Crippen molar-refractivity contribution in [2.75, 3.05) is 24.7 Å². The lowest BCUT2D eigenvalue weighted by atomic mass is 10.1. The topological polar surface area (TPSA) is 61.8 Å². The van der Waals surface area contributed by atoms with E-state index >= 15 is 0 Å². The predicted octanol–water partition coefficient (Wildman–Crippen LogP) is 3.64. The maximum atomic E-state index is 12.6. The smallest absolute Gasteiger partial charge is 0.338 e. The summed E-state index contributed by atoms with van der Waals surface area (Å²) in [6.45, 7) is 0.506. The molecule has 0 amide bonds. The molecule has 2 unspecified atom stereocenters. The van der Waals surface area contributed by atoms with Crippen LogP contribution in [0.5, 0.6) is 0 Å². The summed E-state index contributed by atoms with van der Waals surface area (Å²) in [4.78, 5) is 24.9. The van der Waals surface area contributed by atoms with Crippen LogP contribution in [0.2, 0.25) is 0 Å². The number of thioether (sulfide) groups is 2. The van der Waals surface area contributed by atoms with Crippen molar-refractivity contribution in [3.8, 4) is 0 Å². The summed E-state index contributed by atoms with van der Waals surface area (Å²) >= 11 is 3.50. The highest BCUT2D eigenvalue weighted by atomic mass is 32.2. The Hall–Kier alpha value is -1.96. The van der Waals surface area contributed by atoms with Gasteiger partial charge in [-0.2, -0.15) is 0 Å². The zero-order chi connectivity index (χ0) is 19.4. The molecule has 0 aromatic heterocycles. The minimum Gasteiger partial charge on any atom is -0.459 e. The van der Waals surface area contributed by atoms with E-state index in [0.717, 1.165) is 11.5 Å². The maximum absolute atomic E-state index is 12.6. The normalized spacial score (nSPS) is 22.9. The quantitative estimate of drug-likeness (QED) is 0.690. The molecule has 0 N–H and O–H groups in total. The van der Waals surface area contributed by atoms with Crippen molar-refractivity contribution >= 4 is 35.5 Å². The molecule has 2 aliphatic heterocycles. The van der Waals surface area contributed by atoms with E-state index in [1.165, 1.54) is 0 Å². The van der Waals surface area contributed by atoms with Crippen LogP contribution in [-0.2, 0) is 14.2 Å². The Balaban J connectivity index is 1.46. The van der Waals surface area contributed by atoms with Crippen LogP contribution < -0.4 is 0 Å². The first kappa shape index (κ1) is 19.4. The zero-order valence-electron chi connectivity index (χ0n) is 15.1. The number of ether oxygens (including phenoxy) is 3. The molecular formula is C21H20O5S2. The third-order valence-electron chi connectivity index (χ3n) is 4.68. The van der Waals surface area contributed by atoms with Gasteiger partial charge in [-0.25, -0.2) is 9.59 Å². The number of hydrogen-bond donors (Lipinski definition) is 0. The van der Waals surface area contributed by atoms with Crippen LogP contribution in [-0.4, -0.2) is 52.9 Å². The molecular weight excluding hydrogens is 396 g/mol. The predicted molar refractivity (Wildman–Crippen MR) is 110 cm³/mol. The molecule has 0 aliphatic carbocycles. The first-order chi connectivity index (χ1) is 13.7. The van der Waals surface area contributed by atoms with Crippen LogP contribution in [0.3, 0.4) is 0 Å². The molecule has 4 rings (SSSR count). The van der Waals surface area contributed by atoms with Crippen molar-refractivity contribution in [3.63, 3.8) is 0 Å². The Morgan fingerprint density at radius 3 is 2.11 bits per heavy atom. The van der Waals surface area contributed by atoms with Gasteiger partial charge in [0.15, 0.2) is 6.10 Å². The monoisotopic (exact) mass is 416 g/mol. The van der Waals surface area contributed by atoms with Crippen molar-refractivity contribution in [2.24, 2.45) is 0 Å². The molecule has 1 spiro atoms. The Bertz CT molecular complexity index is 821. The largest absolute Gasteiger partial charge is 0.459 e. The zero-order valence-corrected chi connectivity index (χ0v) is 16.7. The summed E-state index contributed by atoms with van der Waals surface area (Å²) in [6.07, 6.45) is -0.972. The van der Waals surface area contributed by atoms with Gasteiger partial charge in [0.25, 0.3) is 0 Å². The lowest BCUT2D eigenvalue weighted by Gasteiger charge is -2.29. The van der Waals surface area contributed by atoms with E-state index in [1.54, 1.807) is 72.1 Å².